The number of carbonyl (C=O) groups is 2. The van der Waals surface area contributed by atoms with Crippen molar-refractivity contribution in [2.24, 2.45) is 5.92 Å². The summed E-state index contributed by atoms with van der Waals surface area (Å²) in [4.78, 5) is 30.7. The quantitative estimate of drug-likeness (QED) is 0.593. The summed E-state index contributed by atoms with van der Waals surface area (Å²) in [6, 6.07) is 5.99. The van der Waals surface area contributed by atoms with E-state index < -0.39 is 11.5 Å². The van der Waals surface area contributed by atoms with E-state index in [0.717, 1.165) is 67.8 Å². The standard InChI is InChI=1S/C26H36ClN3O3/c1-26(2,3)33-24(31)14-18(25(32)29-11-6-5-7-12-29)16-30-22-9-8-19(27)15-21(22)20-10-13-28(4)17-23(20)30/h8-9,15,18H,5-7,10-14,16-17H2,1-4H3. The van der Waals surface area contributed by atoms with Crippen LogP contribution >= 0.6 is 11.6 Å². The van der Waals surface area contributed by atoms with Crippen LogP contribution in [-0.2, 0) is 33.8 Å². The Kier molecular flexibility index (Phi) is 7.06. The van der Waals surface area contributed by atoms with Gasteiger partial charge in [-0.15, -0.1) is 0 Å². The van der Waals surface area contributed by atoms with Gasteiger partial charge in [-0.3, -0.25) is 9.59 Å². The first-order valence-corrected chi connectivity index (χ1v) is 12.5. The van der Waals surface area contributed by atoms with Crippen LogP contribution in [0, 0.1) is 5.92 Å². The molecule has 1 atom stereocenters. The zero-order valence-corrected chi connectivity index (χ0v) is 21.1. The first-order valence-electron chi connectivity index (χ1n) is 12.1. The molecule has 0 spiro atoms. The van der Waals surface area contributed by atoms with Crippen LogP contribution in [0.4, 0.5) is 0 Å². The number of likely N-dealkylation sites (N-methyl/N-ethyl adjacent to an activating group) is 1. The van der Waals surface area contributed by atoms with Crippen molar-refractivity contribution in [3.63, 3.8) is 0 Å². The molecule has 1 aromatic carbocycles. The van der Waals surface area contributed by atoms with Gasteiger partial charge in [-0.25, -0.2) is 0 Å². The van der Waals surface area contributed by atoms with Gasteiger partial charge >= 0.3 is 5.97 Å². The number of hydrogen-bond donors (Lipinski definition) is 0. The van der Waals surface area contributed by atoms with E-state index in [1.807, 2.05) is 43.9 Å². The Morgan fingerprint density at radius 1 is 1.12 bits per heavy atom. The number of ether oxygens (including phenoxy) is 1. The second-order valence-corrected chi connectivity index (χ2v) is 11.0. The zero-order chi connectivity index (χ0) is 23.8. The summed E-state index contributed by atoms with van der Waals surface area (Å²) in [5.41, 5.74) is 3.04. The fourth-order valence-electron chi connectivity index (χ4n) is 5.16. The summed E-state index contributed by atoms with van der Waals surface area (Å²) < 4.78 is 7.87. The number of amides is 1. The number of benzene rings is 1. The Morgan fingerprint density at radius 3 is 2.55 bits per heavy atom. The van der Waals surface area contributed by atoms with Gasteiger partial charge in [-0.2, -0.15) is 0 Å². The van der Waals surface area contributed by atoms with Crippen molar-refractivity contribution in [1.29, 1.82) is 0 Å². The topological polar surface area (TPSA) is 54.8 Å². The lowest BCUT2D eigenvalue weighted by atomic mass is 10.0. The average molecular weight is 474 g/mol. The van der Waals surface area contributed by atoms with Crippen molar-refractivity contribution in [1.82, 2.24) is 14.4 Å². The third kappa shape index (κ3) is 5.55. The second-order valence-electron chi connectivity index (χ2n) is 10.6. The molecule has 0 saturated carbocycles. The number of halogens is 1. The van der Waals surface area contributed by atoms with Crippen LogP contribution in [0.1, 0.15) is 57.7 Å². The van der Waals surface area contributed by atoms with Crippen LogP contribution < -0.4 is 0 Å². The molecule has 180 valence electrons. The van der Waals surface area contributed by atoms with Gasteiger partial charge in [0.25, 0.3) is 0 Å². The molecule has 1 unspecified atom stereocenters. The Labute approximate surface area is 201 Å². The van der Waals surface area contributed by atoms with E-state index in [4.69, 9.17) is 16.3 Å². The second kappa shape index (κ2) is 9.67. The molecule has 1 fully saturated rings. The van der Waals surface area contributed by atoms with Crippen molar-refractivity contribution in [3.05, 3.63) is 34.5 Å². The molecule has 6 nitrogen and oxygen atoms in total. The molecule has 0 N–H and O–H groups in total. The molecule has 33 heavy (non-hydrogen) atoms. The molecular formula is C26H36ClN3O3. The number of piperidine rings is 1. The monoisotopic (exact) mass is 473 g/mol. The van der Waals surface area contributed by atoms with Crippen LogP contribution in [-0.4, -0.2) is 58.5 Å². The fourth-order valence-corrected chi connectivity index (χ4v) is 5.33. The van der Waals surface area contributed by atoms with E-state index in [2.05, 4.69) is 16.5 Å². The summed E-state index contributed by atoms with van der Waals surface area (Å²) in [5, 5.41) is 1.88. The number of carbonyl (C=O) groups excluding carboxylic acids is 2. The van der Waals surface area contributed by atoms with Crippen molar-refractivity contribution in [3.8, 4) is 0 Å². The van der Waals surface area contributed by atoms with E-state index in [0.29, 0.717) is 6.54 Å². The lowest BCUT2D eigenvalue weighted by molar-refractivity contribution is -0.158. The van der Waals surface area contributed by atoms with Crippen LogP contribution in [0.5, 0.6) is 0 Å². The van der Waals surface area contributed by atoms with Gasteiger partial charge in [-0.1, -0.05) is 11.6 Å². The van der Waals surface area contributed by atoms with E-state index in [1.165, 1.54) is 11.3 Å². The molecule has 0 radical (unpaired) electrons. The Balaban J connectivity index is 1.70. The predicted molar refractivity (Wildman–Crippen MR) is 131 cm³/mol. The molecule has 2 aliphatic rings. The number of fused-ring (bicyclic) bond motifs is 3. The average Bonchev–Trinajstić information content (AvgIpc) is 3.04. The highest BCUT2D eigenvalue weighted by Crippen LogP contribution is 2.34. The van der Waals surface area contributed by atoms with E-state index in [9.17, 15) is 9.59 Å². The molecule has 0 bridgehead atoms. The Morgan fingerprint density at radius 2 is 1.85 bits per heavy atom. The van der Waals surface area contributed by atoms with Crippen LogP contribution in [0.3, 0.4) is 0 Å². The van der Waals surface area contributed by atoms with Crippen molar-refractivity contribution >= 4 is 34.4 Å². The largest absolute Gasteiger partial charge is 0.460 e. The Hall–Kier alpha value is -2.05. The number of esters is 1. The normalized spacial score (nSPS) is 18.3. The molecule has 1 amide bonds. The highest BCUT2D eigenvalue weighted by molar-refractivity contribution is 6.31. The minimum atomic E-state index is -0.575. The SMILES string of the molecule is CN1CCc2c(n(CC(CC(=O)OC(C)(C)C)C(=O)N3CCCCC3)c3ccc(Cl)cc23)C1. The van der Waals surface area contributed by atoms with Gasteiger partial charge in [0.1, 0.15) is 5.60 Å². The zero-order valence-electron chi connectivity index (χ0n) is 20.3. The van der Waals surface area contributed by atoms with Crippen molar-refractivity contribution < 1.29 is 14.3 Å². The van der Waals surface area contributed by atoms with E-state index in [-0.39, 0.29) is 18.3 Å². The van der Waals surface area contributed by atoms with E-state index in [1.54, 1.807) is 0 Å². The van der Waals surface area contributed by atoms with Crippen molar-refractivity contribution in [2.75, 3.05) is 26.7 Å². The first-order chi connectivity index (χ1) is 15.6. The first kappa shape index (κ1) is 24.1. The van der Waals surface area contributed by atoms with Gasteiger partial charge in [0.15, 0.2) is 0 Å². The molecule has 1 aromatic heterocycles. The summed E-state index contributed by atoms with van der Waals surface area (Å²) in [7, 11) is 2.12. The summed E-state index contributed by atoms with van der Waals surface area (Å²) in [5.74, 6) is -0.710. The number of nitrogens with zero attached hydrogens (tertiary/aromatic N) is 3. The van der Waals surface area contributed by atoms with Gasteiger partial charge in [-0.05, 0) is 77.3 Å². The molecule has 2 aromatic rings. The molecule has 2 aliphatic heterocycles. The highest BCUT2D eigenvalue weighted by atomic mass is 35.5. The van der Waals surface area contributed by atoms with Gasteiger partial charge < -0.3 is 19.1 Å². The highest BCUT2D eigenvalue weighted by Gasteiger charge is 2.32. The third-order valence-electron chi connectivity index (χ3n) is 6.66. The molecular weight excluding hydrogens is 438 g/mol. The molecule has 7 heteroatoms. The summed E-state index contributed by atoms with van der Waals surface area (Å²) in [6.45, 7) is 9.41. The smallest absolute Gasteiger partial charge is 0.307 e. The number of aromatic nitrogens is 1. The summed E-state index contributed by atoms with van der Waals surface area (Å²) in [6.07, 6.45) is 4.24. The number of likely N-dealkylation sites (tertiary alicyclic amines) is 1. The molecule has 1 saturated heterocycles. The molecule has 3 heterocycles. The van der Waals surface area contributed by atoms with E-state index >= 15 is 0 Å². The van der Waals surface area contributed by atoms with Gasteiger partial charge in [0.2, 0.25) is 5.91 Å². The predicted octanol–water partition coefficient (Wildman–Crippen LogP) is 4.64. The fraction of sp³-hybridized carbons (Fsp3) is 0.615. The number of rotatable bonds is 5. The third-order valence-corrected chi connectivity index (χ3v) is 6.90. The lowest BCUT2D eigenvalue weighted by Crippen LogP contribution is -2.42. The van der Waals surface area contributed by atoms with Gasteiger partial charge in [0, 0.05) is 54.3 Å². The van der Waals surface area contributed by atoms with Crippen molar-refractivity contribution in [2.45, 2.75) is 71.6 Å². The maximum atomic E-state index is 13.6. The molecule has 0 aliphatic carbocycles. The van der Waals surface area contributed by atoms with Gasteiger partial charge in [0.05, 0.1) is 12.3 Å². The maximum absolute atomic E-state index is 13.6. The lowest BCUT2D eigenvalue weighted by Gasteiger charge is -2.32. The van der Waals surface area contributed by atoms with Crippen LogP contribution in [0.2, 0.25) is 5.02 Å². The summed E-state index contributed by atoms with van der Waals surface area (Å²) >= 11 is 6.35. The minimum Gasteiger partial charge on any atom is -0.460 e. The molecule has 4 rings (SSSR count). The van der Waals surface area contributed by atoms with Crippen LogP contribution in [0.15, 0.2) is 18.2 Å². The van der Waals surface area contributed by atoms with Crippen LogP contribution in [0.25, 0.3) is 10.9 Å². The number of hydrogen-bond acceptors (Lipinski definition) is 4. The minimum absolute atomic E-state index is 0.0642. The Bertz CT molecular complexity index is 1030. The maximum Gasteiger partial charge on any atom is 0.307 e.